The summed E-state index contributed by atoms with van der Waals surface area (Å²) in [6.07, 6.45) is 0. The van der Waals surface area contributed by atoms with E-state index < -0.39 is 0 Å². The molecule has 0 unspecified atom stereocenters. The van der Waals surface area contributed by atoms with E-state index in [2.05, 4.69) is 140 Å². The summed E-state index contributed by atoms with van der Waals surface area (Å²) >= 11 is 0. The van der Waals surface area contributed by atoms with Gasteiger partial charge in [0.25, 0.3) is 0 Å². The largest absolute Gasteiger partial charge is 0.294 e. The van der Waals surface area contributed by atoms with E-state index in [4.69, 9.17) is 9.97 Å². The van der Waals surface area contributed by atoms with Gasteiger partial charge in [0.15, 0.2) is 5.82 Å². The Morgan fingerprint density at radius 1 is 0.500 bits per heavy atom. The van der Waals surface area contributed by atoms with Gasteiger partial charge in [0.2, 0.25) is 0 Å². The number of hydrogen-bond donors (Lipinski definition) is 0. The molecule has 2 heterocycles. The quantitative estimate of drug-likeness (QED) is 0.214. The van der Waals surface area contributed by atoms with Gasteiger partial charge >= 0.3 is 0 Å². The van der Waals surface area contributed by atoms with Crippen LogP contribution >= 0.6 is 0 Å². The van der Waals surface area contributed by atoms with Gasteiger partial charge in [0, 0.05) is 33.4 Å². The summed E-state index contributed by atoms with van der Waals surface area (Å²) < 4.78 is 2.34. The highest BCUT2D eigenvalue weighted by Gasteiger charge is 2.36. The monoisotopic (exact) mass is 563 g/mol. The summed E-state index contributed by atoms with van der Waals surface area (Å²) in [5.74, 6) is 1.58. The lowest BCUT2D eigenvalue weighted by atomic mass is 9.82. The molecule has 2 aromatic heterocycles. The van der Waals surface area contributed by atoms with Crippen LogP contribution in [0.25, 0.3) is 72.2 Å². The summed E-state index contributed by atoms with van der Waals surface area (Å²) in [4.78, 5) is 10.4. The number of fused-ring (bicyclic) bond motifs is 7. The molecule has 8 aromatic rings. The molecule has 9 rings (SSSR count). The number of nitrogens with zero attached hydrogens (tertiary/aromatic N) is 3. The standard InChI is InChI=1S/C41H29N3/c1-41(2)34-18-10-8-16-30(34)32-23-33-31-17-9-11-19-37(31)44(38(33)24-35(32)41)39-25-36(42-40(43-39)27-13-4-3-5-14-27)29-21-20-26-12-6-7-15-28(26)22-29/h3-25H,1-2H3. The first-order chi connectivity index (χ1) is 21.6. The van der Waals surface area contributed by atoms with Gasteiger partial charge in [-0.3, -0.25) is 4.57 Å². The highest BCUT2D eigenvalue weighted by atomic mass is 15.1. The van der Waals surface area contributed by atoms with Crippen molar-refractivity contribution < 1.29 is 0 Å². The van der Waals surface area contributed by atoms with E-state index in [9.17, 15) is 0 Å². The third kappa shape index (κ3) is 3.62. The van der Waals surface area contributed by atoms with E-state index in [0.717, 1.165) is 33.7 Å². The van der Waals surface area contributed by atoms with E-state index in [1.165, 1.54) is 43.8 Å². The molecule has 0 N–H and O–H groups in total. The summed E-state index contributed by atoms with van der Waals surface area (Å²) in [5.41, 5.74) is 10.6. The molecule has 0 bridgehead atoms. The zero-order valence-electron chi connectivity index (χ0n) is 24.6. The third-order valence-electron chi connectivity index (χ3n) is 9.39. The van der Waals surface area contributed by atoms with E-state index >= 15 is 0 Å². The number of benzene rings is 6. The van der Waals surface area contributed by atoms with Crippen molar-refractivity contribution in [3.8, 4) is 39.6 Å². The van der Waals surface area contributed by atoms with Crippen LogP contribution in [0.2, 0.25) is 0 Å². The lowest BCUT2D eigenvalue weighted by Gasteiger charge is -2.21. The molecule has 1 aliphatic carbocycles. The van der Waals surface area contributed by atoms with Gasteiger partial charge in [-0.25, -0.2) is 9.97 Å². The molecule has 1 aliphatic rings. The first-order valence-electron chi connectivity index (χ1n) is 15.2. The first-order valence-corrected chi connectivity index (χ1v) is 15.2. The topological polar surface area (TPSA) is 30.7 Å². The molecular formula is C41H29N3. The molecule has 0 aliphatic heterocycles. The summed E-state index contributed by atoms with van der Waals surface area (Å²) in [7, 11) is 0. The minimum Gasteiger partial charge on any atom is -0.294 e. The minimum absolute atomic E-state index is 0.0987. The Kier molecular flexibility index (Phi) is 5.24. The molecule has 3 heteroatoms. The Balaban J connectivity index is 1.35. The van der Waals surface area contributed by atoms with Crippen LogP contribution in [0.3, 0.4) is 0 Å². The van der Waals surface area contributed by atoms with Gasteiger partial charge in [0.05, 0.1) is 16.7 Å². The van der Waals surface area contributed by atoms with Gasteiger partial charge in [-0.05, 0) is 57.3 Å². The Morgan fingerprint density at radius 2 is 1.25 bits per heavy atom. The lowest BCUT2D eigenvalue weighted by molar-refractivity contribution is 0.661. The molecule has 0 saturated heterocycles. The van der Waals surface area contributed by atoms with Crippen LogP contribution < -0.4 is 0 Å². The molecule has 208 valence electrons. The third-order valence-corrected chi connectivity index (χ3v) is 9.39. The van der Waals surface area contributed by atoms with Crippen LogP contribution in [0.5, 0.6) is 0 Å². The molecule has 0 spiro atoms. The molecular weight excluding hydrogens is 534 g/mol. The molecule has 0 amide bonds. The Hall–Kier alpha value is -5.54. The predicted molar refractivity (Wildman–Crippen MR) is 182 cm³/mol. The number of para-hydroxylation sites is 1. The Morgan fingerprint density at radius 3 is 2.14 bits per heavy atom. The summed E-state index contributed by atoms with van der Waals surface area (Å²) in [6, 6.07) is 49.8. The Labute approximate surface area is 256 Å². The number of aromatic nitrogens is 3. The Bertz CT molecular complexity index is 2410. The number of hydrogen-bond acceptors (Lipinski definition) is 2. The maximum absolute atomic E-state index is 5.26. The SMILES string of the molecule is CC1(C)c2ccccc2-c2cc3c4ccccc4n(-c4cc(-c5ccc6ccccc6c5)nc(-c5ccccc5)n4)c3cc21. The minimum atomic E-state index is -0.0987. The van der Waals surface area contributed by atoms with E-state index in [0.29, 0.717) is 5.82 Å². The molecule has 3 nitrogen and oxygen atoms in total. The van der Waals surface area contributed by atoms with Crippen LogP contribution in [-0.2, 0) is 5.41 Å². The molecule has 44 heavy (non-hydrogen) atoms. The predicted octanol–water partition coefficient (Wildman–Crippen LogP) is 10.4. The van der Waals surface area contributed by atoms with Crippen molar-refractivity contribution in [1.82, 2.24) is 14.5 Å². The van der Waals surface area contributed by atoms with Crippen molar-refractivity contribution in [2.75, 3.05) is 0 Å². The smallest absolute Gasteiger partial charge is 0.162 e. The molecule has 6 aromatic carbocycles. The van der Waals surface area contributed by atoms with Gasteiger partial charge in [-0.15, -0.1) is 0 Å². The first kappa shape index (κ1) is 25.0. The van der Waals surface area contributed by atoms with Crippen LogP contribution in [0, 0.1) is 0 Å². The second-order valence-electron chi connectivity index (χ2n) is 12.3. The van der Waals surface area contributed by atoms with E-state index in [1.54, 1.807) is 0 Å². The average molecular weight is 564 g/mol. The van der Waals surface area contributed by atoms with Crippen LogP contribution in [-0.4, -0.2) is 14.5 Å². The van der Waals surface area contributed by atoms with Crippen molar-refractivity contribution in [2.45, 2.75) is 19.3 Å². The van der Waals surface area contributed by atoms with Gasteiger partial charge in [0.1, 0.15) is 5.82 Å². The van der Waals surface area contributed by atoms with Crippen LogP contribution in [0.15, 0.2) is 140 Å². The van der Waals surface area contributed by atoms with Gasteiger partial charge in [-0.1, -0.05) is 123 Å². The fourth-order valence-corrected chi connectivity index (χ4v) is 7.17. The summed E-state index contributed by atoms with van der Waals surface area (Å²) in [5, 5.41) is 4.87. The highest BCUT2D eigenvalue weighted by Crippen LogP contribution is 2.51. The van der Waals surface area contributed by atoms with Crippen LogP contribution in [0.1, 0.15) is 25.0 Å². The molecule has 0 saturated carbocycles. The molecule has 0 atom stereocenters. The van der Waals surface area contributed by atoms with Crippen LogP contribution in [0.4, 0.5) is 0 Å². The number of rotatable bonds is 3. The van der Waals surface area contributed by atoms with E-state index in [-0.39, 0.29) is 5.41 Å². The molecule has 0 fully saturated rings. The fourth-order valence-electron chi connectivity index (χ4n) is 7.17. The normalized spacial score (nSPS) is 13.4. The molecule has 0 radical (unpaired) electrons. The second kappa shape index (κ2) is 9.23. The zero-order chi connectivity index (χ0) is 29.4. The summed E-state index contributed by atoms with van der Waals surface area (Å²) in [6.45, 7) is 4.68. The van der Waals surface area contributed by atoms with Crippen molar-refractivity contribution >= 4 is 32.6 Å². The maximum atomic E-state index is 5.26. The van der Waals surface area contributed by atoms with Crippen molar-refractivity contribution in [2.24, 2.45) is 0 Å². The zero-order valence-corrected chi connectivity index (χ0v) is 24.6. The van der Waals surface area contributed by atoms with E-state index in [1.807, 2.05) is 18.2 Å². The van der Waals surface area contributed by atoms with Gasteiger partial charge in [-0.2, -0.15) is 0 Å². The fraction of sp³-hybridized carbons (Fsp3) is 0.0732. The highest BCUT2D eigenvalue weighted by molar-refractivity contribution is 6.11. The van der Waals surface area contributed by atoms with Crippen molar-refractivity contribution in [1.29, 1.82) is 0 Å². The van der Waals surface area contributed by atoms with Gasteiger partial charge < -0.3 is 0 Å². The lowest BCUT2D eigenvalue weighted by Crippen LogP contribution is -2.15. The average Bonchev–Trinajstić information content (AvgIpc) is 3.52. The second-order valence-corrected chi connectivity index (χ2v) is 12.3. The maximum Gasteiger partial charge on any atom is 0.162 e. The van der Waals surface area contributed by atoms with Crippen molar-refractivity contribution in [3.63, 3.8) is 0 Å². The van der Waals surface area contributed by atoms with Crippen molar-refractivity contribution in [3.05, 3.63) is 151 Å².